The molecule has 1 N–H and O–H groups in total. The van der Waals surface area contributed by atoms with Crippen LogP contribution in [-0.2, 0) is 14.9 Å². The lowest BCUT2D eigenvalue weighted by Gasteiger charge is -2.35. The fourth-order valence-electron chi connectivity index (χ4n) is 3.93. The molecule has 2 atom stereocenters. The van der Waals surface area contributed by atoms with Gasteiger partial charge < -0.3 is 0 Å². The Hall–Kier alpha value is -0.0700. The number of ketones is 1. The van der Waals surface area contributed by atoms with E-state index in [0.29, 0.717) is 12.8 Å². The number of hydrogen-bond donors (Lipinski definition) is 1. The highest BCUT2D eigenvalue weighted by atomic mass is 32.2. The summed E-state index contributed by atoms with van der Waals surface area (Å²) in [6.07, 6.45) is 4.90. The Kier molecular flexibility index (Phi) is 4.57. The number of hydrogen-bond acceptors (Lipinski definition) is 4. The number of rotatable bonds is 2. The largest absolute Gasteiger partial charge is 0.299 e. The van der Waals surface area contributed by atoms with Crippen molar-refractivity contribution in [1.82, 2.24) is 0 Å². The summed E-state index contributed by atoms with van der Waals surface area (Å²) in [5.74, 6) is 2.73. The van der Waals surface area contributed by atoms with Crippen molar-refractivity contribution in [2.45, 2.75) is 46.0 Å². The minimum atomic E-state index is -4.08. The van der Waals surface area contributed by atoms with E-state index in [1.165, 1.54) is 24.3 Å². The van der Waals surface area contributed by atoms with E-state index in [0.717, 1.165) is 6.42 Å². The number of Topliss-reactive ketones (excluding diaryl/α,β-unsaturated/α-hetero) is 1. The highest BCUT2D eigenvalue weighted by Gasteiger charge is 2.65. The second kappa shape index (κ2) is 5.61. The van der Waals surface area contributed by atoms with Gasteiger partial charge in [0, 0.05) is 6.42 Å². The molecule has 3 aliphatic rings. The summed E-state index contributed by atoms with van der Waals surface area (Å²) in [5.41, 5.74) is -1.12. The molecule has 0 aromatic heterocycles. The molecule has 0 aromatic carbocycles. The lowest BCUT2D eigenvalue weighted by Crippen LogP contribution is -2.42. The molecular weight excluding hydrogens is 296 g/mol. The second-order valence-electron chi connectivity index (χ2n) is 6.71. The maximum atomic E-state index is 11.9. The van der Waals surface area contributed by atoms with Crippen LogP contribution in [0.2, 0.25) is 0 Å². The van der Waals surface area contributed by atoms with Crippen LogP contribution in [0.3, 0.4) is 0 Å². The first kappa shape index (κ1) is 16.3. The molecule has 1 heterocycles. The van der Waals surface area contributed by atoms with Gasteiger partial charge in [-0.1, -0.05) is 13.8 Å². The van der Waals surface area contributed by atoms with Gasteiger partial charge in [0.25, 0.3) is 10.1 Å². The van der Waals surface area contributed by atoms with Gasteiger partial charge in [-0.3, -0.25) is 9.35 Å². The number of carbonyl (C=O) groups is 1. The van der Waals surface area contributed by atoms with E-state index in [9.17, 15) is 13.2 Å². The van der Waals surface area contributed by atoms with Crippen LogP contribution in [0, 0.1) is 16.7 Å². The third kappa shape index (κ3) is 2.92. The van der Waals surface area contributed by atoms with Gasteiger partial charge >= 0.3 is 0 Å². The van der Waals surface area contributed by atoms with Crippen molar-refractivity contribution in [3.8, 4) is 0 Å². The fourth-order valence-corrected chi connectivity index (χ4v) is 6.25. The zero-order chi connectivity index (χ0) is 15.0. The van der Waals surface area contributed by atoms with Crippen LogP contribution in [0.4, 0.5) is 0 Å². The van der Waals surface area contributed by atoms with E-state index >= 15 is 0 Å². The molecule has 20 heavy (non-hydrogen) atoms. The third-order valence-electron chi connectivity index (χ3n) is 5.40. The Morgan fingerprint density at radius 2 is 1.90 bits per heavy atom. The van der Waals surface area contributed by atoms with Gasteiger partial charge in [0.1, 0.15) is 5.78 Å². The number of thioether (sulfide) groups is 1. The molecule has 6 heteroatoms. The molecule has 3 fully saturated rings. The predicted molar refractivity (Wildman–Crippen MR) is 81.5 cm³/mol. The Bertz CT molecular complexity index is 472. The van der Waals surface area contributed by atoms with Crippen LogP contribution in [0.5, 0.6) is 0 Å². The number of carbonyl (C=O) groups excluding carboxylic acids is 1. The fraction of sp³-hybridized carbons (Fsp3) is 0.929. The molecule has 3 rings (SSSR count). The molecule has 2 saturated carbocycles. The van der Waals surface area contributed by atoms with E-state index in [-0.39, 0.29) is 17.1 Å². The van der Waals surface area contributed by atoms with E-state index in [1.807, 2.05) is 13.8 Å². The average Bonchev–Trinajstić information content (AvgIpc) is 2.97. The highest BCUT2D eigenvalue weighted by molar-refractivity contribution is 7.99. The molecule has 0 aromatic rings. The summed E-state index contributed by atoms with van der Waals surface area (Å²) in [4.78, 5) is 11.9. The quantitative estimate of drug-likeness (QED) is 0.792. The smallest absolute Gasteiger partial charge is 0.265 e. The highest BCUT2D eigenvalue weighted by Crippen LogP contribution is 2.64. The van der Waals surface area contributed by atoms with Gasteiger partial charge in [-0.25, -0.2) is 0 Å². The zero-order valence-corrected chi connectivity index (χ0v) is 13.9. The van der Waals surface area contributed by atoms with Crippen molar-refractivity contribution in [1.29, 1.82) is 0 Å². The Morgan fingerprint density at radius 3 is 2.20 bits per heavy atom. The van der Waals surface area contributed by atoms with E-state index in [2.05, 4.69) is 11.8 Å². The first-order valence-electron chi connectivity index (χ1n) is 7.25. The molecule has 0 radical (unpaired) electrons. The van der Waals surface area contributed by atoms with Gasteiger partial charge in [-0.2, -0.15) is 20.2 Å². The monoisotopic (exact) mass is 320 g/mol. The summed E-state index contributed by atoms with van der Waals surface area (Å²) in [6.45, 7) is 3.89. The Labute approximate surface area is 125 Å². The molecule has 2 bridgehead atoms. The van der Waals surface area contributed by atoms with Crippen molar-refractivity contribution >= 4 is 27.7 Å². The SMILES string of the molecule is C1CCSC1.CC1(C)C2CCC1(CS(=O)(=O)O)C(=O)C2. The summed E-state index contributed by atoms with van der Waals surface area (Å²) in [5, 5.41) is 0. The maximum absolute atomic E-state index is 11.9. The van der Waals surface area contributed by atoms with Crippen molar-refractivity contribution in [3.63, 3.8) is 0 Å². The van der Waals surface area contributed by atoms with Crippen molar-refractivity contribution in [2.24, 2.45) is 16.7 Å². The molecule has 2 aliphatic carbocycles. The van der Waals surface area contributed by atoms with Gasteiger partial charge in [0.2, 0.25) is 0 Å². The van der Waals surface area contributed by atoms with Crippen LogP contribution in [0.15, 0.2) is 0 Å². The molecular formula is C14H24O4S2. The summed E-state index contributed by atoms with van der Waals surface area (Å²) < 4.78 is 31.0. The van der Waals surface area contributed by atoms with Crippen LogP contribution in [0.1, 0.15) is 46.0 Å². The minimum Gasteiger partial charge on any atom is -0.299 e. The Balaban J connectivity index is 0.000000247. The van der Waals surface area contributed by atoms with Crippen LogP contribution < -0.4 is 0 Å². The van der Waals surface area contributed by atoms with E-state index in [4.69, 9.17) is 4.55 Å². The molecule has 116 valence electrons. The van der Waals surface area contributed by atoms with Crippen molar-refractivity contribution < 1.29 is 17.8 Å². The van der Waals surface area contributed by atoms with Crippen LogP contribution >= 0.6 is 11.8 Å². The van der Waals surface area contributed by atoms with Crippen LogP contribution in [-0.4, -0.2) is 36.0 Å². The number of fused-ring (bicyclic) bond motifs is 2. The third-order valence-corrected chi connectivity index (χ3v) is 7.41. The predicted octanol–water partition coefficient (Wildman–Crippen LogP) is 2.78. The first-order chi connectivity index (χ1) is 9.19. The lowest BCUT2D eigenvalue weighted by molar-refractivity contribution is -0.128. The molecule has 1 saturated heterocycles. The topological polar surface area (TPSA) is 71.4 Å². The average molecular weight is 320 g/mol. The van der Waals surface area contributed by atoms with E-state index in [1.54, 1.807) is 0 Å². The van der Waals surface area contributed by atoms with Crippen molar-refractivity contribution in [2.75, 3.05) is 17.3 Å². The van der Waals surface area contributed by atoms with Crippen LogP contribution in [0.25, 0.3) is 0 Å². The molecule has 2 unspecified atom stereocenters. The Morgan fingerprint density at radius 1 is 1.30 bits per heavy atom. The van der Waals surface area contributed by atoms with E-state index < -0.39 is 21.3 Å². The molecule has 4 nitrogen and oxygen atoms in total. The second-order valence-corrected chi connectivity index (χ2v) is 9.39. The van der Waals surface area contributed by atoms with Crippen molar-refractivity contribution in [3.05, 3.63) is 0 Å². The van der Waals surface area contributed by atoms with Gasteiger partial charge in [-0.15, -0.1) is 0 Å². The first-order valence-corrected chi connectivity index (χ1v) is 10.0. The van der Waals surface area contributed by atoms with Gasteiger partial charge in [0.15, 0.2) is 0 Å². The summed E-state index contributed by atoms with van der Waals surface area (Å²) >= 11 is 2.07. The zero-order valence-electron chi connectivity index (χ0n) is 12.2. The van der Waals surface area contributed by atoms with Gasteiger partial charge in [-0.05, 0) is 48.5 Å². The maximum Gasteiger partial charge on any atom is 0.265 e. The lowest BCUT2D eigenvalue weighted by atomic mass is 9.70. The molecule has 1 aliphatic heterocycles. The standard InChI is InChI=1S/C10H16O4S.C4H8S/c1-9(2)7-3-4-10(9,8(11)5-7)6-15(12,13)14;1-2-4-5-3-1/h7H,3-6H2,1-2H3,(H,12,13,14);1-4H2. The summed E-state index contributed by atoms with van der Waals surface area (Å²) in [7, 11) is -4.08. The van der Waals surface area contributed by atoms with Gasteiger partial charge in [0.05, 0.1) is 11.2 Å². The summed E-state index contributed by atoms with van der Waals surface area (Å²) in [6, 6.07) is 0. The molecule has 0 spiro atoms. The minimum absolute atomic E-state index is 0.0152. The normalized spacial score (nSPS) is 35.0. The molecule has 0 amide bonds.